The highest BCUT2D eigenvalue weighted by Crippen LogP contribution is 2.27. The SMILES string of the molecule is Cc1cc(NC(=O)CSCC(=O)O[C@@H](C)c2nc3sc(C)c(C)c3c(=O)[nH]2)no1. The minimum Gasteiger partial charge on any atom is -0.454 e. The van der Waals surface area contributed by atoms with E-state index in [-0.39, 0.29) is 23.0 Å². The van der Waals surface area contributed by atoms with Crippen molar-refractivity contribution in [2.75, 3.05) is 16.8 Å². The number of thioether (sulfide) groups is 1. The van der Waals surface area contributed by atoms with E-state index < -0.39 is 12.1 Å². The number of hydrogen-bond acceptors (Lipinski definition) is 9. The fourth-order valence-corrected chi connectivity index (χ4v) is 4.21. The second-order valence-electron chi connectivity index (χ2n) is 6.41. The van der Waals surface area contributed by atoms with Crippen molar-refractivity contribution in [3.63, 3.8) is 0 Å². The molecule has 3 aromatic rings. The molecule has 0 bridgehead atoms. The summed E-state index contributed by atoms with van der Waals surface area (Å²) in [6.45, 7) is 7.17. The van der Waals surface area contributed by atoms with E-state index in [0.29, 0.717) is 27.6 Å². The third-order valence-electron chi connectivity index (χ3n) is 4.10. The van der Waals surface area contributed by atoms with Gasteiger partial charge in [-0.05, 0) is 33.3 Å². The maximum absolute atomic E-state index is 12.3. The zero-order valence-corrected chi connectivity index (χ0v) is 18.0. The lowest BCUT2D eigenvalue weighted by atomic mass is 10.2. The Hall–Kier alpha value is -2.66. The molecular weight excluding hydrogens is 416 g/mol. The largest absolute Gasteiger partial charge is 0.454 e. The maximum atomic E-state index is 12.3. The van der Waals surface area contributed by atoms with Crippen molar-refractivity contribution >= 4 is 51.0 Å². The Balaban J connectivity index is 1.52. The van der Waals surface area contributed by atoms with Gasteiger partial charge >= 0.3 is 5.97 Å². The summed E-state index contributed by atoms with van der Waals surface area (Å²) >= 11 is 2.54. The van der Waals surface area contributed by atoms with E-state index in [1.807, 2.05) is 13.8 Å². The minimum absolute atomic E-state index is 0.0146. The van der Waals surface area contributed by atoms with Crippen LogP contribution in [0.15, 0.2) is 15.4 Å². The van der Waals surface area contributed by atoms with E-state index in [1.165, 1.54) is 11.3 Å². The topological polar surface area (TPSA) is 127 Å². The minimum atomic E-state index is -0.713. The highest BCUT2D eigenvalue weighted by atomic mass is 32.2. The zero-order chi connectivity index (χ0) is 21.1. The van der Waals surface area contributed by atoms with Crippen molar-refractivity contribution < 1.29 is 18.8 Å². The molecule has 1 atom stereocenters. The van der Waals surface area contributed by atoms with E-state index >= 15 is 0 Å². The third kappa shape index (κ3) is 5.04. The smallest absolute Gasteiger partial charge is 0.316 e. The number of hydrogen-bond donors (Lipinski definition) is 2. The molecule has 0 saturated carbocycles. The van der Waals surface area contributed by atoms with Crippen LogP contribution in [-0.2, 0) is 14.3 Å². The van der Waals surface area contributed by atoms with Crippen molar-refractivity contribution in [3.05, 3.63) is 38.4 Å². The molecule has 0 aliphatic rings. The van der Waals surface area contributed by atoms with Crippen LogP contribution in [0.4, 0.5) is 5.82 Å². The monoisotopic (exact) mass is 436 g/mol. The van der Waals surface area contributed by atoms with Crippen LogP contribution in [0, 0.1) is 20.8 Å². The van der Waals surface area contributed by atoms with Gasteiger partial charge in [0.15, 0.2) is 17.7 Å². The van der Waals surface area contributed by atoms with Gasteiger partial charge in [-0.15, -0.1) is 23.1 Å². The van der Waals surface area contributed by atoms with Crippen LogP contribution in [0.5, 0.6) is 0 Å². The van der Waals surface area contributed by atoms with Gasteiger partial charge in [0.25, 0.3) is 5.56 Å². The van der Waals surface area contributed by atoms with Crippen LogP contribution in [-0.4, -0.2) is 38.5 Å². The molecule has 3 rings (SSSR count). The number of carbonyl (C=O) groups excluding carboxylic acids is 2. The summed E-state index contributed by atoms with van der Waals surface area (Å²) in [6.07, 6.45) is -0.713. The molecule has 11 heteroatoms. The number of H-pyrrole nitrogens is 1. The molecule has 0 aromatic carbocycles. The zero-order valence-electron chi connectivity index (χ0n) is 16.3. The van der Waals surface area contributed by atoms with Gasteiger partial charge in [-0.3, -0.25) is 14.4 Å². The van der Waals surface area contributed by atoms with E-state index in [2.05, 4.69) is 20.4 Å². The molecule has 1 amide bonds. The van der Waals surface area contributed by atoms with Crippen LogP contribution in [0.1, 0.15) is 35.1 Å². The quantitative estimate of drug-likeness (QED) is 0.541. The molecule has 154 valence electrons. The Morgan fingerprint density at radius 3 is 2.79 bits per heavy atom. The first-order valence-electron chi connectivity index (χ1n) is 8.75. The first-order chi connectivity index (χ1) is 13.7. The lowest BCUT2D eigenvalue weighted by Gasteiger charge is -2.12. The second-order valence-corrected chi connectivity index (χ2v) is 8.60. The highest BCUT2D eigenvalue weighted by Gasteiger charge is 2.18. The Morgan fingerprint density at radius 1 is 1.34 bits per heavy atom. The third-order valence-corrected chi connectivity index (χ3v) is 6.11. The van der Waals surface area contributed by atoms with Gasteiger partial charge in [0.1, 0.15) is 10.6 Å². The summed E-state index contributed by atoms with van der Waals surface area (Å²) in [5.41, 5.74) is 0.661. The molecular formula is C18H20N4O5S2. The first kappa shape index (κ1) is 21.1. The summed E-state index contributed by atoms with van der Waals surface area (Å²) in [5, 5.41) is 6.80. The lowest BCUT2D eigenvalue weighted by Crippen LogP contribution is -2.19. The molecule has 0 saturated heterocycles. The summed E-state index contributed by atoms with van der Waals surface area (Å²) in [4.78, 5) is 45.0. The van der Waals surface area contributed by atoms with Gasteiger partial charge in [-0.2, -0.15) is 0 Å². The fraction of sp³-hybridized carbons (Fsp3) is 0.389. The number of ether oxygens (including phenoxy) is 1. The Labute approximate surface area is 174 Å². The average molecular weight is 437 g/mol. The number of anilines is 1. The number of nitrogens with zero attached hydrogens (tertiary/aromatic N) is 2. The lowest BCUT2D eigenvalue weighted by molar-refractivity contribution is -0.145. The van der Waals surface area contributed by atoms with Crippen molar-refractivity contribution in [2.24, 2.45) is 0 Å². The Bertz CT molecular complexity index is 1120. The number of fused-ring (bicyclic) bond motifs is 1. The van der Waals surface area contributed by atoms with E-state index in [0.717, 1.165) is 22.2 Å². The molecule has 0 fully saturated rings. The van der Waals surface area contributed by atoms with Gasteiger partial charge < -0.3 is 19.6 Å². The molecule has 0 aliphatic carbocycles. The predicted octanol–water partition coefficient (Wildman–Crippen LogP) is 2.87. The van der Waals surface area contributed by atoms with Gasteiger partial charge in [0.2, 0.25) is 5.91 Å². The van der Waals surface area contributed by atoms with Crippen LogP contribution >= 0.6 is 23.1 Å². The molecule has 0 spiro atoms. The maximum Gasteiger partial charge on any atom is 0.316 e. The van der Waals surface area contributed by atoms with Crippen LogP contribution in [0.3, 0.4) is 0 Å². The van der Waals surface area contributed by atoms with Crippen molar-refractivity contribution in [2.45, 2.75) is 33.8 Å². The molecule has 3 aromatic heterocycles. The number of rotatable bonds is 7. The summed E-state index contributed by atoms with van der Waals surface area (Å²) in [5.74, 6) is 0.444. The number of amides is 1. The van der Waals surface area contributed by atoms with Crippen molar-refractivity contribution in [1.29, 1.82) is 0 Å². The molecule has 2 N–H and O–H groups in total. The molecule has 29 heavy (non-hydrogen) atoms. The van der Waals surface area contributed by atoms with Gasteiger partial charge in [-0.1, -0.05) is 5.16 Å². The van der Waals surface area contributed by atoms with Gasteiger partial charge in [0.05, 0.1) is 16.9 Å². The number of esters is 1. The number of aromatic amines is 1. The number of nitrogens with one attached hydrogen (secondary N) is 2. The van der Waals surface area contributed by atoms with E-state index in [9.17, 15) is 14.4 Å². The van der Waals surface area contributed by atoms with Gasteiger partial charge in [-0.25, -0.2) is 4.98 Å². The number of aryl methyl sites for hydroxylation is 3. The Morgan fingerprint density at radius 2 is 2.10 bits per heavy atom. The molecule has 9 nitrogen and oxygen atoms in total. The van der Waals surface area contributed by atoms with Crippen LogP contribution in [0.2, 0.25) is 0 Å². The predicted molar refractivity (Wildman–Crippen MR) is 111 cm³/mol. The number of thiophene rings is 1. The van der Waals surface area contributed by atoms with Crippen LogP contribution in [0.25, 0.3) is 10.2 Å². The second kappa shape index (κ2) is 8.78. The standard InChI is InChI=1S/C18H20N4O5S2/c1-8-5-12(22-27-8)19-13(23)6-28-7-14(24)26-10(3)16-20-17(25)15-9(2)11(4)29-18(15)21-16/h5,10H,6-7H2,1-4H3,(H,19,22,23)(H,20,21,25)/t10-/m0/s1. The molecule has 0 aliphatic heterocycles. The van der Waals surface area contributed by atoms with Gasteiger partial charge in [0, 0.05) is 10.9 Å². The highest BCUT2D eigenvalue weighted by molar-refractivity contribution is 8.00. The number of aromatic nitrogens is 3. The normalized spacial score (nSPS) is 12.1. The van der Waals surface area contributed by atoms with Crippen molar-refractivity contribution in [1.82, 2.24) is 15.1 Å². The summed E-state index contributed by atoms with van der Waals surface area (Å²) in [7, 11) is 0. The molecule has 3 heterocycles. The number of carbonyl (C=O) groups is 2. The molecule has 0 radical (unpaired) electrons. The Kier molecular flexibility index (Phi) is 6.38. The first-order valence-corrected chi connectivity index (χ1v) is 10.7. The van der Waals surface area contributed by atoms with Crippen LogP contribution < -0.4 is 10.9 Å². The molecule has 0 unspecified atom stereocenters. The average Bonchev–Trinajstić information content (AvgIpc) is 3.17. The van der Waals surface area contributed by atoms with Crippen molar-refractivity contribution in [3.8, 4) is 0 Å². The summed E-state index contributed by atoms with van der Waals surface area (Å²) in [6, 6.07) is 1.60. The fourth-order valence-electron chi connectivity index (χ4n) is 2.58. The summed E-state index contributed by atoms with van der Waals surface area (Å²) < 4.78 is 10.2. The van der Waals surface area contributed by atoms with E-state index in [1.54, 1.807) is 19.9 Å². The van der Waals surface area contributed by atoms with E-state index in [4.69, 9.17) is 9.26 Å².